The van der Waals surface area contributed by atoms with Gasteiger partial charge in [0.15, 0.2) is 0 Å². The van der Waals surface area contributed by atoms with Crippen LogP contribution in [0.1, 0.15) is 39.3 Å². The van der Waals surface area contributed by atoms with E-state index in [9.17, 15) is 14.3 Å². The number of nitrogens with zero attached hydrogens (tertiary/aromatic N) is 2. The minimum absolute atomic E-state index is 0.308. The van der Waals surface area contributed by atoms with Gasteiger partial charge in [-0.15, -0.1) is 0 Å². The fourth-order valence-corrected chi connectivity index (χ4v) is 2.31. The largest absolute Gasteiger partial charge is 0.444 e. The third kappa shape index (κ3) is 3.91. The van der Waals surface area contributed by atoms with E-state index < -0.39 is 23.2 Å². The number of aliphatic hydroxyl groups is 1. The molecule has 1 saturated heterocycles. The van der Waals surface area contributed by atoms with E-state index in [4.69, 9.17) is 4.74 Å². The van der Waals surface area contributed by atoms with Crippen LogP contribution >= 0.6 is 0 Å². The number of amides is 1. The molecule has 1 aliphatic heterocycles. The summed E-state index contributed by atoms with van der Waals surface area (Å²) in [4.78, 5) is 17.3. The molecule has 1 aromatic heterocycles. The van der Waals surface area contributed by atoms with Gasteiger partial charge in [0.05, 0.1) is 5.69 Å². The highest BCUT2D eigenvalue weighted by Crippen LogP contribution is 2.32. The number of rotatable bonds is 1. The van der Waals surface area contributed by atoms with Crippen LogP contribution in [-0.4, -0.2) is 39.8 Å². The first-order valence-corrected chi connectivity index (χ1v) is 7.03. The van der Waals surface area contributed by atoms with E-state index >= 15 is 0 Å². The standard InChI is InChI=1S/C15H21FN2O3/c1-14(2,3)21-13(19)18-9-7-15(20,8-10-18)11-5-4-6-12(16)17-11/h4-6,20H,7-10H2,1-3H3. The first-order chi connectivity index (χ1) is 9.70. The van der Waals surface area contributed by atoms with E-state index in [0.717, 1.165) is 0 Å². The highest BCUT2D eigenvalue weighted by molar-refractivity contribution is 5.68. The summed E-state index contributed by atoms with van der Waals surface area (Å²) >= 11 is 0. The molecule has 1 aliphatic rings. The van der Waals surface area contributed by atoms with Crippen molar-refractivity contribution in [2.45, 2.75) is 44.8 Å². The molecular formula is C15H21FN2O3. The Morgan fingerprint density at radius 3 is 2.52 bits per heavy atom. The van der Waals surface area contributed by atoms with Crippen molar-refractivity contribution in [3.8, 4) is 0 Å². The van der Waals surface area contributed by atoms with Crippen LogP contribution in [0.15, 0.2) is 18.2 Å². The molecule has 0 unspecified atom stereocenters. The first-order valence-electron chi connectivity index (χ1n) is 7.03. The van der Waals surface area contributed by atoms with Crippen molar-refractivity contribution < 1.29 is 19.0 Å². The monoisotopic (exact) mass is 296 g/mol. The molecule has 0 atom stereocenters. The summed E-state index contributed by atoms with van der Waals surface area (Å²) in [5.74, 6) is -0.615. The Hall–Kier alpha value is -1.69. The second kappa shape index (κ2) is 5.60. The van der Waals surface area contributed by atoms with Crippen molar-refractivity contribution in [2.24, 2.45) is 0 Å². The smallest absolute Gasteiger partial charge is 0.410 e. The van der Waals surface area contributed by atoms with Crippen molar-refractivity contribution in [2.75, 3.05) is 13.1 Å². The molecule has 0 bridgehead atoms. The minimum atomic E-state index is -1.19. The zero-order valence-electron chi connectivity index (χ0n) is 12.6. The van der Waals surface area contributed by atoms with Gasteiger partial charge in [0.25, 0.3) is 0 Å². The molecule has 0 aliphatic carbocycles. The molecular weight excluding hydrogens is 275 g/mol. The first kappa shape index (κ1) is 15.7. The minimum Gasteiger partial charge on any atom is -0.444 e. The Bertz CT molecular complexity index is 520. The second-order valence-corrected chi connectivity index (χ2v) is 6.34. The van der Waals surface area contributed by atoms with Gasteiger partial charge in [0.1, 0.15) is 11.2 Å². The predicted molar refractivity (Wildman–Crippen MR) is 75.1 cm³/mol. The van der Waals surface area contributed by atoms with Crippen LogP contribution in [0.4, 0.5) is 9.18 Å². The number of likely N-dealkylation sites (tertiary alicyclic amines) is 1. The number of halogens is 1. The lowest BCUT2D eigenvalue weighted by Crippen LogP contribution is -2.47. The van der Waals surface area contributed by atoms with Gasteiger partial charge in [-0.1, -0.05) is 6.07 Å². The molecule has 0 saturated carbocycles. The maximum atomic E-state index is 13.2. The SMILES string of the molecule is CC(C)(C)OC(=O)N1CCC(O)(c2cccc(F)n2)CC1. The highest BCUT2D eigenvalue weighted by atomic mass is 19.1. The van der Waals surface area contributed by atoms with Gasteiger partial charge in [-0.25, -0.2) is 9.78 Å². The molecule has 1 N–H and O–H groups in total. The van der Waals surface area contributed by atoms with Gasteiger partial charge in [0, 0.05) is 13.1 Å². The Morgan fingerprint density at radius 1 is 1.38 bits per heavy atom. The van der Waals surface area contributed by atoms with E-state index in [1.165, 1.54) is 12.1 Å². The molecule has 0 radical (unpaired) electrons. The van der Waals surface area contributed by atoms with Gasteiger partial charge < -0.3 is 14.7 Å². The van der Waals surface area contributed by atoms with Crippen LogP contribution in [0.3, 0.4) is 0 Å². The average Bonchev–Trinajstić information content (AvgIpc) is 2.37. The van der Waals surface area contributed by atoms with Crippen LogP contribution in [0.2, 0.25) is 0 Å². The number of carbonyl (C=O) groups is 1. The zero-order chi connectivity index (χ0) is 15.7. The van der Waals surface area contributed by atoms with E-state index in [-0.39, 0.29) is 0 Å². The van der Waals surface area contributed by atoms with E-state index in [1.807, 2.05) is 20.8 Å². The normalized spacial score (nSPS) is 18.4. The number of pyridine rings is 1. The van der Waals surface area contributed by atoms with Gasteiger partial charge in [-0.3, -0.25) is 0 Å². The number of piperidine rings is 1. The van der Waals surface area contributed by atoms with Gasteiger partial charge in [-0.05, 0) is 45.7 Å². The van der Waals surface area contributed by atoms with Crippen molar-refractivity contribution in [1.29, 1.82) is 0 Å². The number of aromatic nitrogens is 1. The Labute approximate surface area is 123 Å². The molecule has 5 nitrogen and oxygen atoms in total. The highest BCUT2D eigenvalue weighted by Gasteiger charge is 2.37. The third-order valence-corrected chi connectivity index (χ3v) is 3.43. The molecule has 6 heteroatoms. The third-order valence-electron chi connectivity index (χ3n) is 3.43. The van der Waals surface area contributed by atoms with Crippen molar-refractivity contribution in [3.63, 3.8) is 0 Å². The van der Waals surface area contributed by atoms with Gasteiger partial charge in [-0.2, -0.15) is 4.39 Å². The van der Waals surface area contributed by atoms with Crippen LogP contribution < -0.4 is 0 Å². The Kier molecular flexibility index (Phi) is 4.18. The summed E-state index contributed by atoms with van der Waals surface area (Å²) in [5.41, 5.74) is -1.43. The summed E-state index contributed by atoms with van der Waals surface area (Å²) in [6, 6.07) is 4.37. The van der Waals surface area contributed by atoms with Crippen LogP contribution in [0.25, 0.3) is 0 Å². The van der Waals surface area contributed by atoms with Gasteiger partial charge >= 0.3 is 6.09 Å². The Morgan fingerprint density at radius 2 is 2.00 bits per heavy atom. The van der Waals surface area contributed by atoms with E-state index in [0.29, 0.717) is 31.6 Å². The maximum absolute atomic E-state index is 13.2. The zero-order valence-corrected chi connectivity index (χ0v) is 12.6. The molecule has 0 spiro atoms. The number of carbonyl (C=O) groups excluding carboxylic acids is 1. The van der Waals surface area contributed by atoms with Crippen molar-refractivity contribution in [1.82, 2.24) is 9.88 Å². The van der Waals surface area contributed by atoms with Crippen molar-refractivity contribution >= 4 is 6.09 Å². The number of hydrogen-bond donors (Lipinski definition) is 1. The molecule has 1 amide bonds. The molecule has 2 rings (SSSR count). The predicted octanol–water partition coefficient (Wildman–Crippen LogP) is 2.44. The lowest BCUT2D eigenvalue weighted by atomic mass is 9.88. The quantitative estimate of drug-likeness (QED) is 0.809. The molecule has 1 aromatic rings. The molecule has 0 aromatic carbocycles. The summed E-state index contributed by atoms with van der Waals surface area (Å²) in [6.07, 6.45) is 0.225. The second-order valence-electron chi connectivity index (χ2n) is 6.34. The lowest BCUT2D eigenvalue weighted by Gasteiger charge is -2.38. The van der Waals surface area contributed by atoms with Crippen LogP contribution in [-0.2, 0) is 10.3 Å². The topological polar surface area (TPSA) is 62.7 Å². The fourth-order valence-electron chi connectivity index (χ4n) is 2.31. The average molecular weight is 296 g/mol. The molecule has 1 fully saturated rings. The summed E-state index contributed by atoms with van der Waals surface area (Å²) in [7, 11) is 0. The fraction of sp³-hybridized carbons (Fsp3) is 0.600. The van der Waals surface area contributed by atoms with E-state index in [2.05, 4.69) is 4.98 Å². The molecule has 21 heavy (non-hydrogen) atoms. The molecule has 2 heterocycles. The Balaban J connectivity index is 2.01. The van der Waals surface area contributed by atoms with Gasteiger partial charge in [0.2, 0.25) is 5.95 Å². The number of hydrogen-bond acceptors (Lipinski definition) is 4. The summed E-state index contributed by atoms with van der Waals surface area (Å²) < 4.78 is 18.5. The van der Waals surface area contributed by atoms with Crippen molar-refractivity contribution in [3.05, 3.63) is 29.8 Å². The summed E-state index contributed by atoms with van der Waals surface area (Å²) in [6.45, 7) is 6.12. The number of ether oxygens (including phenoxy) is 1. The summed E-state index contributed by atoms with van der Waals surface area (Å²) in [5, 5.41) is 10.6. The molecule has 116 valence electrons. The maximum Gasteiger partial charge on any atom is 0.410 e. The lowest BCUT2D eigenvalue weighted by molar-refractivity contribution is -0.0385. The van der Waals surface area contributed by atoms with E-state index in [1.54, 1.807) is 11.0 Å². The van der Waals surface area contributed by atoms with Crippen LogP contribution in [0, 0.1) is 5.95 Å². The van der Waals surface area contributed by atoms with Crippen LogP contribution in [0.5, 0.6) is 0 Å².